The summed E-state index contributed by atoms with van der Waals surface area (Å²) in [5.74, 6) is 0.0720. The Balaban J connectivity index is 1.59. The van der Waals surface area contributed by atoms with Gasteiger partial charge in [0.05, 0.1) is 12.2 Å². The molecule has 4 rings (SSSR count). The second-order valence-electron chi connectivity index (χ2n) is 6.96. The molecule has 0 unspecified atom stereocenters. The van der Waals surface area contributed by atoms with Gasteiger partial charge in [-0.2, -0.15) is 0 Å². The zero-order valence-electron chi connectivity index (χ0n) is 17.2. The summed E-state index contributed by atoms with van der Waals surface area (Å²) >= 11 is 1.58. The van der Waals surface area contributed by atoms with Crippen LogP contribution in [0, 0.1) is 0 Å². The second kappa shape index (κ2) is 10.00. The number of para-hydroxylation sites is 1. The normalized spacial score (nSPS) is 10.6. The van der Waals surface area contributed by atoms with Gasteiger partial charge in [0.1, 0.15) is 12.2 Å². The smallest absolute Gasteiger partial charge is 0.262 e. The topological polar surface area (TPSA) is 56.2 Å². The average Bonchev–Trinajstić information content (AvgIpc) is 3.22. The maximum Gasteiger partial charge on any atom is 0.262 e. The highest BCUT2D eigenvalue weighted by Gasteiger charge is 2.19. The summed E-state index contributed by atoms with van der Waals surface area (Å²) in [6.07, 6.45) is 3.72. The van der Waals surface area contributed by atoms with Crippen molar-refractivity contribution in [2.75, 3.05) is 11.6 Å². The van der Waals surface area contributed by atoms with Gasteiger partial charge < -0.3 is 10.1 Å². The van der Waals surface area contributed by atoms with Gasteiger partial charge in [0.15, 0.2) is 0 Å². The van der Waals surface area contributed by atoms with Gasteiger partial charge in [-0.05, 0) is 29.5 Å². The molecular formula is C25H23N3O2S. The molecule has 1 heterocycles. The number of benzene rings is 3. The Bertz CT molecular complexity index is 1140. The van der Waals surface area contributed by atoms with Crippen LogP contribution in [0.5, 0.6) is 5.88 Å². The summed E-state index contributed by atoms with van der Waals surface area (Å²) in [5, 5.41) is 7.55. The average molecular weight is 430 g/mol. The van der Waals surface area contributed by atoms with Gasteiger partial charge in [-0.15, -0.1) is 16.9 Å². The lowest BCUT2D eigenvalue weighted by atomic mass is 10.2. The van der Waals surface area contributed by atoms with Crippen LogP contribution in [0.3, 0.4) is 0 Å². The zero-order chi connectivity index (χ0) is 21.5. The molecular weight excluding hydrogens is 406 g/mol. The molecule has 1 amide bonds. The number of anilines is 1. The molecule has 0 atom stereocenters. The van der Waals surface area contributed by atoms with Crippen LogP contribution in [0.15, 0.2) is 96.0 Å². The Kier molecular flexibility index (Phi) is 6.69. The van der Waals surface area contributed by atoms with E-state index in [-0.39, 0.29) is 5.91 Å². The van der Waals surface area contributed by atoms with Gasteiger partial charge in [0.2, 0.25) is 5.88 Å². The lowest BCUT2D eigenvalue weighted by Crippen LogP contribution is -2.13. The molecule has 1 aromatic heterocycles. The van der Waals surface area contributed by atoms with E-state index in [4.69, 9.17) is 4.74 Å². The van der Waals surface area contributed by atoms with Crippen molar-refractivity contribution in [3.63, 3.8) is 0 Å². The number of amides is 1. The third-order valence-corrected chi connectivity index (χ3v) is 5.53. The lowest BCUT2D eigenvalue weighted by Gasteiger charge is -2.09. The molecule has 0 aliphatic carbocycles. The summed E-state index contributed by atoms with van der Waals surface area (Å²) in [6.45, 7) is 0.891. The quantitative estimate of drug-likeness (QED) is 0.377. The van der Waals surface area contributed by atoms with Crippen LogP contribution in [-0.2, 0) is 13.2 Å². The fraction of sp³-hybridized carbons (Fsp3) is 0.120. The number of thioether (sulfide) groups is 1. The summed E-state index contributed by atoms with van der Waals surface area (Å²) in [7, 11) is 0. The molecule has 0 spiro atoms. The van der Waals surface area contributed by atoms with Crippen molar-refractivity contribution >= 4 is 23.4 Å². The van der Waals surface area contributed by atoms with Crippen molar-refractivity contribution < 1.29 is 9.53 Å². The highest BCUT2D eigenvalue weighted by molar-refractivity contribution is 7.98. The Morgan fingerprint density at radius 2 is 1.58 bits per heavy atom. The van der Waals surface area contributed by atoms with Gasteiger partial charge >= 0.3 is 0 Å². The Hall–Kier alpha value is -3.51. The Morgan fingerprint density at radius 1 is 0.935 bits per heavy atom. The third-order valence-electron chi connectivity index (χ3n) is 4.73. The zero-order valence-corrected chi connectivity index (χ0v) is 18.0. The summed E-state index contributed by atoms with van der Waals surface area (Å²) < 4.78 is 7.70. The first kappa shape index (κ1) is 20.8. The molecule has 0 aliphatic rings. The minimum Gasteiger partial charge on any atom is -0.471 e. The van der Waals surface area contributed by atoms with Crippen LogP contribution in [0.2, 0.25) is 0 Å². The van der Waals surface area contributed by atoms with E-state index in [1.165, 1.54) is 0 Å². The van der Waals surface area contributed by atoms with Crippen LogP contribution in [0.25, 0.3) is 0 Å². The van der Waals surface area contributed by atoms with E-state index in [9.17, 15) is 4.79 Å². The number of hydrogen-bond donors (Lipinski definition) is 1. The van der Waals surface area contributed by atoms with Gasteiger partial charge in [0.25, 0.3) is 5.91 Å². The van der Waals surface area contributed by atoms with Crippen molar-refractivity contribution in [1.29, 1.82) is 0 Å². The fourth-order valence-electron chi connectivity index (χ4n) is 3.18. The molecule has 3 aromatic carbocycles. The lowest BCUT2D eigenvalue weighted by molar-refractivity contribution is 0.102. The molecule has 6 heteroatoms. The molecule has 1 N–H and O–H groups in total. The Labute approximate surface area is 186 Å². The second-order valence-corrected chi connectivity index (χ2v) is 7.81. The molecule has 0 fully saturated rings. The minimum absolute atomic E-state index is 0.246. The van der Waals surface area contributed by atoms with Gasteiger partial charge in [-0.3, -0.25) is 9.48 Å². The number of hydrogen-bond acceptors (Lipinski definition) is 4. The number of nitrogens with zero attached hydrogens (tertiary/aromatic N) is 2. The van der Waals surface area contributed by atoms with Crippen LogP contribution in [-0.4, -0.2) is 21.9 Å². The molecule has 0 bridgehead atoms. The van der Waals surface area contributed by atoms with Crippen molar-refractivity contribution in [2.45, 2.75) is 18.0 Å². The van der Waals surface area contributed by atoms with E-state index in [1.54, 1.807) is 22.6 Å². The first-order valence-electron chi connectivity index (χ1n) is 9.95. The predicted octanol–water partition coefficient (Wildman–Crippen LogP) is 5.48. The standard InChI is InChI=1S/C25H23N3O2S/c1-31-23-15-9-8-14-22(23)26-24(29)21-17-28(16-19-10-4-2-5-11-19)27-25(21)30-18-20-12-6-3-7-13-20/h2-15,17H,16,18H2,1H3,(H,26,29). The van der Waals surface area contributed by atoms with Crippen molar-refractivity contribution in [3.8, 4) is 5.88 Å². The monoisotopic (exact) mass is 429 g/mol. The van der Waals surface area contributed by atoms with E-state index in [0.29, 0.717) is 24.6 Å². The van der Waals surface area contributed by atoms with E-state index in [2.05, 4.69) is 10.4 Å². The maximum absolute atomic E-state index is 13.1. The van der Waals surface area contributed by atoms with Crippen LogP contribution in [0.4, 0.5) is 5.69 Å². The molecule has 0 radical (unpaired) electrons. The highest BCUT2D eigenvalue weighted by Crippen LogP contribution is 2.26. The third kappa shape index (κ3) is 5.35. The van der Waals surface area contributed by atoms with Gasteiger partial charge in [-0.25, -0.2) is 0 Å². The number of rotatable bonds is 8. The largest absolute Gasteiger partial charge is 0.471 e. The molecule has 4 aromatic rings. The summed E-state index contributed by atoms with van der Waals surface area (Å²) in [5.41, 5.74) is 3.28. The van der Waals surface area contributed by atoms with Gasteiger partial charge in [0, 0.05) is 11.1 Å². The first-order valence-corrected chi connectivity index (χ1v) is 11.2. The highest BCUT2D eigenvalue weighted by atomic mass is 32.2. The number of carbonyl (C=O) groups is 1. The summed E-state index contributed by atoms with van der Waals surface area (Å²) in [6, 6.07) is 27.6. The van der Waals surface area contributed by atoms with E-state index in [1.807, 2.05) is 91.2 Å². The van der Waals surface area contributed by atoms with E-state index in [0.717, 1.165) is 21.7 Å². The number of carbonyl (C=O) groups excluding carboxylic acids is 1. The fourth-order valence-corrected chi connectivity index (χ4v) is 3.73. The number of nitrogens with one attached hydrogen (secondary N) is 1. The molecule has 0 aliphatic heterocycles. The minimum atomic E-state index is -0.246. The van der Waals surface area contributed by atoms with E-state index < -0.39 is 0 Å². The SMILES string of the molecule is CSc1ccccc1NC(=O)c1cn(Cc2ccccc2)nc1OCc1ccccc1. The molecule has 0 saturated carbocycles. The molecule has 31 heavy (non-hydrogen) atoms. The van der Waals surface area contributed by atoms with E-state index >= 15 is 0 Å². The number of aromatic nitrogens is 2. The van der Waals surface area contributed by atoms with Crippen LogP contribution >= 0.6 is 11.8 Å². The van der Waals surface area contributed by atoms with Crippen molar-refractivity contribution in [2.24, 2.45) is 0 Å². The molecule has 5 nitrogen and oxygen atoms in total. The van der Waals surface area contributed by atoms with Crippen LogP contribution in [0.1, 0.15) is 21.5 Å². The first-order chi connectivity index (χ1) is 15.2. The maximum atomic E-state index is 13.1. The van der Waals surface area contributed by atoms with Crippen molar-refractivity contribution in [1.82, 2.24) is 9.78 Å². The number of ether oxygens (including phenoxy) is 1. The van der Waals surface area contributed by atoms with Crippen molar-refractivity contribution in [3.05, 3.63) is 108 Å². The summed E-state index contributed by atoms with van der Waals surface area (Å²) in [4.78, 5) is 14.1. The predicted molar refractivity (Wildman–Crippen MR) is 125 cm³/mol. The Morgan fingerprint density at radius 3 is 2.29 bits per heavy atom. The van der Waals surface area contributed by atoms with Gasteiger partial charge in [-0.1, -0.05) is 72.8 Å². The van der Waals surface area contributed by atoms with Crippen LogP contribution < -0.4 is 10.1 Å². The molecule has 156 valence electrons. The molecule has 0 saturated heterocycles.